The van der Waals surface area contributed by atoms with Gasteiger partial charge in [0.25, 0.3) is 5.56 Å². The van der Waals surface area contributed by atoms with Gasteiger partial charge in [-0.1, -0.05) is 30.3 Å². The molecule has 1 aromatic heterocycles. The fourth-order valence-corrected chi connectivity index (χ4v) is 2.38. The fourth-order valence-electron chi connectivity index (χ4n) is 2.20. The highest BCUT2D eigenvalue weighted by atomic mass is 32.1. The summed E-state index contributed by atoms with van der Waals surface area (Å²) in [6, 6.07) is 9.98. The minimum absolute atomic E-state index is 0.0221. The molecule has 0 radical (unpaired) electrons. The summed E-state index contributed by atoms with van der Waals surface area (Å²) >= 11 is 4.95. The van der Waals surface area contributed by atoms with Crippen LogP contribution in [-0.2, 0) is 6.42 Å². The Morgan fingerprint density at radius 2 is 2.00 bits per heavy atom. The van der Waals surface area contributed by atoms with Crippen LogP contribution in [0.15, 0.2) is 35.1 Å². The summed E-state index contributed by atoms with van der Waals surface area (Å²) in [5.74, 6) is 0.504. The maximum absolute atomic E-state index is 11.7. The zero-order valence-corrected chi connectivity index (χ0v) is 10.4. The number of hydrogen-bond acceptors (Lipinski definition) is 3. The number of aromatic nitrogens is 2. The molecule has 5 heteroatoms. The average molecular weight is 260 g/mol. The molecule has 1 aliphatic heterocycles. The molecule has 2 aromatic rings. The Morgan fingerprint density at radius 1 is 1.22 bits per heavy atom. The second-order valence-corrected chi connectivity index (χ2v) is 4.68. The molecule has 0 fully saturated rings. The topological polar surface area (TPSA) is 57.9 Å². The number of H-pyrrole nitrogens is 2. The number of ether oxygens (including phenoxy) is 1. The Labute approximate surface area is 109 Å². The maximum Gasteiger partial charge on any atom is 0.258 e. The van der Waals surface area contributed by atoms with Crippen LogP contribution >= 0.6 is 12.2 Å². The van der Waals surface area contributed by atoms with Crippen molar-refractivity contribution in [3.63, 3.8) is 0 Å². The van der Waals surface area contributed by atoms with E-state index >= 15 is 0 Å². The summed E-state index contributed by atoms with van der Waals surface area (Å²) in [7, 11) is 0. The van der Waals surface area contributed by atoms with Gasteiger partial charge in [0.1, 0.15) is 6.10 Å². The Balaban J connectivity index is 1.99. The van der Waals surface area contributed by atoms with E-state index in [1.165, 1.54) is 0 Å². The van der Waals surface area contributed by atoms with Crippen LogP contribution in [0, 0.1) is 4.77 Å². The summed E-state index contributed by atoms with van der Waals surface area (Å²) in [4.78, 5) is 17.2. The molecule has 2 heterocycles. The quantitative estimate of drug-likeness (QED) is 0.774. The Morgan fingerprint density at radius 3 is 2.78 bits per heavy atom. The number of benzene rings is 1. The molecule has 1 atom stereocenters. The van der Waals surface area contributed by atoms with E-state index < -0.39 is 0 Å². The smallest absolute Gasteiger partial charge is 0.258 e. The van der Waals surface area contributed by atoms with Crippen molar-refractivity contribution in [3.05, 3.63) is 56.6 Å². The van der Waals surface area contributed by atoms with Crippen molar-refractivity contribution in [2.24, 2.45) is 0 Å². The molecule has 0 amide bonds. The lowest BCUT2D eigenvalue weighted by Gasteiger charge is -2.25. The van der Waals surface area contributed by atoms with Crippen LogP contribution < -0.4 is 10.3 Å². The van der Waals surface area contributed by atoms with Gasteiger partial charge in [0.2, 0.25) is 5.88 Å². The summed E-state index contributed by atoms with van der Waals surface area (Å²) in [6.45, 7) is 0. The Hall–Kier alpha value is -1.88. The van der Waals surface area contributed by atoms with Crippen molar-refractivity contribution in [1.82, 2.24) is 9.97 Å². The molecule has 0 saturated heterocycles. The molecule has 0 bridgehead atoms. The minimum Gasteiger partial charge on any atom is -0.470 e. The summed E-state index contributed by atoms with van der Waals surface area (Å²) in [5, 5.41) is 0. The molecule has 18 heavy (non-hydrogen) atoms. The summed E-state index contributed by atoms with van der Waals surface area (Å²) in [5.41, 5.74) is 1.61. The van der Waals surface area contributed by atoms with E-state index in [0.717, 1.165) is 12.0 Å². The van der Waals surface area contributed by atoms with E-state index in [2.05, 4.69) is 9.97 Å². The van der Waals surface area contributed by atoms with Crippen molar-refractivity contribution in [3.8, 4) is 5.88 Å². The monoisotopic (exact) mass is 260 g/mol. The fraction of sp³-hybridized carbons (Fsp3) is 0.231. The van der Waals surface area contributed by atoms with Crippen molar-refractivity contribution in [2.45, 2.75) is 18.9 Å². The number of fused-ring (bicyclic) bond motifs is 1. The average Bonchev–Trinajstić information content (AvgIpc) is 2.39. The van der Waals surface area contributed by atoms with Gasteiger partial charge in [0.15, 0.2) is 4.77 Å². The molecule has 1 aliphatic rings. The second kappa shape index (κ2) is 4.42. The van der Waals surface area contributed by atoms with Gasteiger partial charge < -0.3 is 9.72 Å². The van der Waals surface area contributed by atoms with Gasteiger partial charge in [-0.25, -0.2) is 0 Å². The zero-order chi connectivity index (χ0) is 12.5. The van der Waals surface area contributed by atoms with Crippen LogP contribution in [0.4, 0.5) is 0 Å². The van der Waals surface area contributed by atoms with Gasteiger partial charge in [0, 0.05) is 0 Å². The van der Waals surface area contributed by atoms with E-state index in [4.69, 9.17) is 17.0 Å². The molecule has 0 saturated carbocycles. The zero-order valence-electron chi connectivity index (χ0n) is 9.60. The number of aromatic amines is 2. The first kappa shape index (κ1) is 11.2. The third kappa shape index (κ3) is 1.97. The number of nitrogens with one attached hydrogen (secondary N) is 2. The van der Waals surface area contributed by atoms with E-state index in [9.17, 15) is 4.79 Å². The van der Waals surface area contributed by atoms with Gasteiger partial charge in [0.05, 0.1) is 5.56 Å². The van der Waals surface area contributed by atoms with Crippen LogP contribution in [0.3, 0.4) is 0 Å². The van der Waals surface area contributed by atoms with Crippen LogP contribution in [-0.4, -0.2) is 9.97 Å². The first-order valence-corrected chi connectivity index (χ1v) is 6.22. The lowest BCUT2D eigenvalue weighted by molar-refractivity contribution is 0.166. The molecule has 0 unspecified atom stereocenters. The molecule has 0 spiro atoms. The predicted octanol–water partition coefficient (Wildman–Crippen LogP) is 2.50. The van der Waals surface area contributed by atoms with Crippen LogP contribution in [0.25, 0.3) is 0 Å². The van der Waals surface area contributed by atoms with Gasteiger partial charge in [-0.2, -0.15) is 0 Å². The molecule has 92 valence electrons. The van der Waals surface area contributed by atoms with Gasteiger partial charge >= 0.3 is 0 Å². The van der Waals surface area contributed by atoms with Crippen molar-refractivity contribution < 1.29 is 4.74 Å². The van der Waals surface area contributed by atoms with Gasteiger partial charge in [-0.15, -0.1) is 0 Å². The molecule has 3 rings (SSSR count). The number of hydrogen-bond donors (Lipinski definition) is 2. The van der Waals surface area contributed by atoms with Gasteiger partial charge in [-0.05, 0) is 30.6 Å². The highest BCUT2D eigenvalue weighted by Gasteiger charge is 2.23. The third-order valence-electron chi connectivity index (χ3n) is 3.09. The normalized spacial score (nSPS) is 17.9. The van der Waals surface area contributed by atoms with E-state index in [0.29, 0.717) is 22.6 Å². The first-order valence-electron chi connectivity index (χ1n) is 5.81. The summed E-state index contributed by atoms with van der Waals surface area (Å²) < 4.78 is 6.14. The largest absolute Gasteiger partial charge is 0.470 e. The molecule has 2 N–H and O–H groups in total. The Kier molecular flexibility index (Phi) is 2.76. The van der Waals surface area contributed by atoms with Crippen molar-refractivity contribution >= 4 is 12.2 Å². The second-order valence-electron chi connectivity index (χ2n) is 4.27. The van der Waals surface area contributed by atoms with E-state index in [1.54, 1.807) is 0 Å². The van der Waals surface area contributed by atoms with Crippen LogP contribution in [0.2, 0.25) is 0 Å². The minimum atomic E-state index is -0.153. The van der Waals surface area contributed by atoms with Crippen molar-refractivity contribution in [2.75, 3.05) is 0 Å². The first-order chi connectivity index (χ1) is 8.74. The highest BCUT2D eigenvalue weighted by molar-refractivity contribution is 7.71. The molecule has 4 nitrogen and oxygen atoms in total. The predicted molar refractivity (Wildman–Crippen MR) is 70.4 cm³/mol. The Bertz CT molecular complexity index is 675. The number of rotatable bonds is 1. The lowest BCUT2D eigenvalue weighted by atomic mass is 10.00. The van der Waals surface area contributed by atoms with E-state index in [1.807, 2.05) is 30.3 Å². The third-order valence-corrected chi connectivity index (χ3v) is 3.29. The highest BCUT2D eigenvalue weighted by Crippen LogP contribution is 2.31. The summed E-state index contributed by atoms with van der Waals surface area (Å²) in [6.07, 6.45) is 1.47. The van der Waals surface area contributed by atoms with Crippen LogP contribution in [0.5, 0.6) is 5.88 Å². The van der Waals surface area contributed by atoms with E-state index in [-0.39, 0.29) is 11.7 Å². The molecule has 0 aliphatic carbocycles. The molecular formula is C13H12N2O2S. The molecule has 1 aromatic carbocycles. The molecular weight excluding hydrogens is 248 g/mol. The lowest BCUT2D eigenvalue weighted by Crippen LogP contribution is -2.24. The maximum atomic E-state index is 11.7. The SMILES string of the molecule is O=c1[nH]c(=S)[nH]c2c1CC[C@H](c1ccccc1)O2. The van der Waals surface area contributed by atoms with Crippen molar-refractivity contribution in [1.29, 1.82) is 0 Å². The standard InChI is InChI=1S/C13H12N2O2S/c16-11-9-6-7-10(8-4-2-1-3-5-8)17-12(9)15-13(18)14-11/h1-5,10H,6-7H2,(H2,14,15,16,18)/t10-/m1/s1. The van der Waals surface area contributed by atoms with Gasteiger partial charge in [-0.3, -0.25) is 9.78 Å². The van der Waals surface area contributed by atoms with Crippen LogP contribution in [0.1, 0.15) is 23.7 Å².